The molecule has 14 heavy (non-hydrogen) atoms. The second-order valence-corrected chi connectivity index (χ2v) is 7.69. The normalized spacial score (nSPS) is 13.4. The standard InChI is InChI=1S/C10H18IN3/c1-7-12-8(9(2,3)4)14(13-7)10(5,6)11/h1-6H3. The van der Waals surface area contributed by atoms with Crippen LogP contribution >= 0.6 is 22.6 Å². The number of hydrogen-bond donors (Lipinski definition) is 0. The number of nitrogens with zero attached hydrogens (tertiary/aromatic N) is 3. The van der Waals surface area contributed by atoms with Gasteiger partial charge in [0.15, 0.2) is 0 Å². The number of aromatic nitrogens is 3. The maximum atomic E-state index is 4.50. The van der Waals surface area contributed by atoms with Gasteiger partial charge in [0.1, 0.15) is 15.2 Å². The van der Waals surface area contributed by atoms with Crippen molar-refractivity contribution in [1.29, 1.82) is 0 Å². The van der Waals surface area contributed by atoms with Crippen molar-refractivity contribution in [1.82, 2.24) is 14.8 Å². The summed E-state index contributed by atoms with van der Waals surface area (Å²) >= 11 is 2.38. The lowest BCUT2D eigenvalue weighted by molar-refractivity contribution is 0.421. The molecule has 0 aliphatic heterocycles. The van der Waals surface area contributed by atoms with Crippen LogP contribution in [-0.4, -0.2) is 14.8 Å². The predicted octanol–water partition coefficient (Wildman–Crippen LogP) is 3.01. The number of aryl methyl sites for hydroxylation is 1. The summed E-state index contributed by atoms with van der Waals surface area (Å²) in [5.74, 6) is 1.90. The van der Waals surface area contributed by atoms with E-state index in [0.29, 0.717) is 0 Å². The van der Waals surface area contributed by atoms with Crippen LogP contribution in [0.15, 0.2) is 0 Å². The van der Waals surface area contributed by atoms with Gasteiger partial charge in [-0.3, -0.25) is 0 Å². The van der Waals surface area contributed by atoms with E-state index < -0.39 is 0 Å². The van der Waals surface area contributed by atoms with E-state index in [0.717, 1.165) is 11.6 Å². The van der Waals surface area contributed by atoms with Gasteiger partial charge in [-0.1, -0.05) is 43.4 Å². The van der Waals surface area contributed by atoms with Crippen LogP contribution in [0, 0.1) is 6.92 Å². The van der Waals surface area contributed by atoms with Crippen LogP contribution in [0.2, 0.25) is 0 Å². The quantitative estimate of drug-likeness (QED) is 0.590. The summed E-state index contributed by atoms with van der Waals surface area (Å²) in [5.41, 5.74) is 0.0453. The monoisotopic (exact) mass is 307 g/mol. The fourth-order valence-corrected chi connectivity index (χ4v) is 1.61. The van der Waals surface area contributed by atoms with Gasteiger partial charge in [0, 0.05) is 5.41 Å². The number of rotatable bonds is 1. The molecule has 0 amide bonds. The molecule has 0 aliphatic rings. The smallest absolute Gasteiger partial charge is 0.147 e. The molecule has 0 bridgehead atoms. The van der Waals surface area contributed by atoms with Crippen molar-refractivity contribution in [2.75, 3.05) is 0 Å². The minimum Gasteiger partial charge on any atom is -0.234 e. The van der Waals surface area contributed by atoms with Crippen molar-refractivity contribution in [2.45, 2.75) is 50.5 Å². The highest BCUT2D eigenvalue weighted by molar-refractivity contribution is 14.1. The lowest BCUT2D eigenvalue weighted by Gasteiger charge is -2.25. The summed E-state index contributed by atoms with van der Waals surface area (Å²) in [7, 11) is 0. The zero-order valence-corrected chi connectivity index (χ0v) is 11.9. The predicted molar refractivity (Wildman–Crippen MR) is 66.8 cm³/mol. The Balaban J connectivity index is 3.31. The lowest BCUT2D eigenvalue weighted by atomic mass is 9.95. The first-order chi connectivity index (χ1) is 6.12. The molecule has 1 heterocycles. The average molecular weight is 307 g/mol. The van der Waals surface area contributed by atoms with Gasteiger partial charge < -0.3 is 0 Å². The van der Waals surface area contributed by atoms with Gasteiger partial charge in [-0.15, -0.1) is 0 Å². The van der Waals surface area contributed by atoms with Crippen LogP contribution < -0.4 is 0 Å². The molecule has 0 fully saturated rings. The minimum atomic E-state index is -0.0262. The Labute approximate surface area is 99.4 Å². The largest absolute Gasteiger partial charge is 0.234 e. The molecule has 0 aliphatic carbocycles. The van der Waals surface area contributed by atoms with E-state index in [9.17, 15) is 0 Å². The van der Waals surface area contributed by atoms with E-state index in [1.54, 1.807) is 0 Å². The third kappa shape index (κ3) is 2.46. The summed E-state index contributed by atoms with van der Waals surface area (Å²) < 4.78 is 1.99. The van der Waals surface area contributed by atoms with Crippen LogP contribution in [0.1, 0.15) is 46.3 Å². The second kappa shape index (κ2) is 3.47. The molecule has 0 N–H and O–H groups in total. The van der Waals surface area contributed by atoms with E-state index in [-0.39, 0.29) is 8.96 Å². The fraction of sp³-hybridized carbons (Fsp3) is 0.800. The Bertz CT molecular complexity index is 297. The Hall–Kier alpha value is -0.130. The summed E-state index contributed by atoms with van der Waals surface area (Å²) in [4.78, 5) is 4.50. The first kappa shape index (κ1) is 11.9. The van der Waals surface area contributed by atoms with Crippen molar-refractivity contribution >= 4 is 22.6 Å². The molecule has 0 saturated heterocycles. The van der Waals surface area contributed by atoms with Crippen LogP contribution in [0.25, 0.3) is 0 Å². The highest BCUT2D eigenvalue weighted by Gasteiger charge is 2.28. The third-order valence-corrected chi connectivity index (χ3v) is 2.34. The van der Waals surface area contributed by atoms with Crippen molar-refractivity contribution in [3.8, 4) is 0 Å². The van der Waals surface area contributed by atoms with E-state index in [2.05, 4.69) is 67.3 Å². The number of hydrogen-bond acceptors (Lipinski definition) is 2. The fourth-order valence-electron chi connectivity index (χ4n) is 1.27. The Morgan fingerprint density at radius 3 is 1.93 bits per heavy atom. The van der Waals surface area contributed by atoms with Gasteiger partial charge in [-0.25, -0.2) is 9.67 Å². The molecule has 1 aromatic heterocycles. The Morgan fingerprint density at radius 2 is 1.64 bits per heavy atom. The first-order valence-corrected chi connectivity index (χ1v) is 5.84. The SMILES string of the molecule is Cc1nc(C(C)(C)C)n(C(C)(C)I)n1. The topological polar surface area (TPSA) is 30.7 Å². The summed E-state index contributed by atoms with van der Waals surface area (Å²) in [5, 5.41) is 4.45. The molecule has 0 unspecified atom stereocenters. The highest BCUT2D eigenvalue weighted by atomic mass is 127. The average Bonchev–Trinajstić information content (AvgIpc) is 2.27. The van der Waals surface area contributed by atoms with Gasteiger partial charge in [0.25, 0.3) is 0 Å². The zero-order valence-electron chi connectivity index (χ0n) is 9.72. The molecule has 80 valence electrons. The van der Waals surface area contributed by atoms with E-state index >= 15 is 0 Å². The molecule has 0 radical (unpaired) electrons. The molecule has 1 rings (SSSR count). The molecule has 4 heteroatoms. The molecule has 0 aromatic carbocycles. The van der Waals surface area contributed by atoms with Crippen LogP contribution in [0.3, 0.4) is 0 Å². The van der Waals surface area contributed by atoms with Gasteiger partial charge in [0.2, 0.25) is 0 Å². The maximum absolute atomic E-state index is 4.50. The summed E-state index contributed by atoms with van der Waals surface area (Å²) in [6.45, 7) is 12.7. The van der Waals surface area contributed by atoms with Crippen LogP contribution in [-0.2, 0) is 8.96 Å². The summed E-state index contributed by atoms with van der Waals surface area (Å²) in [6, 6.07) is 0. The van der Waals surface area contributed by atoms with E-state index in [1.165, 1.54) is 0 Å². The van der Waals surface area contributed by atoms with Gasteiger partial charge >= 0.3 is 0 Å². The van der Waals surface area contributed by atoms with E-state index in [4.69, 9.17) is 0 Å². The molecule has 0 saturated carbocycles. The van der Waals surface area contributed by atoms with Crippen molar-refractivity contribution < 1.29 is 0 Å². The zero-order chi connectivity index (χ0) is 11.1. The van der Waals surface area contributed by atoms with Gasteiger partial charge in [-0.05, 0) is 20.8 Å². The third-order valence-electron chi connectivity index (χ3n) is 1.89. The van der Waals surface area contributed by atoms with Crippen LogP contribution in [0.5, 0.6) is 0 Å². The molecular formula is C10H18IN3. The van der Waals surface area contributed by atoms with E-state index in [1.807, 2.05) is 11.6 Å². The van der Waals surface area contributed by atoms with Crippen LogP contribution in [0.4, 0.5) is 0 Å². The van der Waals surface area contributed by atoms with Crippen molar-refractivity contribution in [3.63, 3.8) is 0 Å². The highest BCUT2D eigenvalue weighted by Crippen LogP contribution is 2.29. The van der Waals surface area contributed by atoms with Crippen molar-refractivity contribution in [2.24, 2.45) is 0 Å². The molecule has 1 aromatic rings. The molecule has 3 nitrogen and oxygen atoms in total. The second-order valence-electron chi connectivity index (χ2n) is 5.05. The molecular weight excluding hydrogens is 289 g/mol. The van der Waals surface area contributed by atoms with Gasteiger partial charge in [-0.2, -0.15) is 5.10 Å². The Morgan fingerprint density at radius 1 is 1.14 bits per heavy atom. The summed E-state index contributed by atoms with van der Waals surface area (Å²) in [6.07, 6.45) is 0. The number of alkyl halides is 1. The maximum Gasteiger partial charge on any atom is 0.147 e. The van der Waals surface area contributed by atoms with Gasteiger partial charge in [0.05, 0.1) is 0 Å². The Kier molecular flexibility index (Phi) is 2.96. The molecule has 0 spiro atoms. The lowest BCUT2D eigenvalue weighted by Crippen LogP contribution is -2.28. The minimum absolute atomic E-state index is 0.0262. The first-order valence-electron chi connectivity index (χ1n) is 4.76. The molecule has 0 atom stereocenters. The van der Waals surface area contributed by atoms with Crippen molar-refractivity contribution in [3.05, 3.63) is 11.6 Å². The number of halogens is 1.